The Hall–Kier alpha value is -3.41. The van der Waals surface area contributed by atoms with Crippen LogP contribution in [-0.2, 0) is 5.41 Å². The van der Waals surface area contributed by atoms with Crippen LogP contribution in [0, 0.1) is 0 Å². The van der Waals surface area contributed by atoms with Crippen molar-refractivity contribution in [1.29, 1.82) is 0 Å². The molecule has 6 heteroatoms. The van der Waals surface area contributed by atoms with Crippen molar-refractivity contribution in [3.8, 4) is 11.1 Å². The molecule has 0 unspecified atom stereocenters. The van der Waals surface area contributed by atoms with E-state index in [0.717, 1.165) is 41.7 Å². The molecule has 2 N–H and O–H groups in total. The van der Waals surface area contributed by atoms with Crippen LogP contribution in [0.5, 0.6) is 0 Å². The van der Waals surface area contributed by atoms with Gasteiger partial charge in [-0.05, 0) is 36.1 Å². The van der Waals surface area contributed by atoms with Crippen molar-refractivity contribution in [2.75, 3.05) is 5.73 Å². The molecule has 138 valence electrons. The fourth-order valence-electron chi connectivity index (χ4n) is 4.05. The molecule has 1 aliphatic carbocycles. The van der Waals surface area contributed by atoms with E-state index in [4.69, 9.17) is 5.73 Å². The maximum atomic E-state index is 5.58. The molecule has 6 nitrogen and oxygen atoms in total. The zero-order chi connectivity index (χ0) is 19.0. The molecule has 0 amide bonds. The highest BCUT2D eigenvalue weighted by Gasteiger charge is 2.44. The van der Waals surface area contributed by atoms with E-state index in [0.29, 0.717) is 0 Å². The first kappa shape index (κ1) is 16.7. The SMILES string of the molecule is Nc1ncc(-c2ccc(C3(C4=NN=C(c5cccnc5)C4)CCC3)cc2)cn1. The standard InChI is InChI=1S/C22H20N6/c23-21-25-13-17(14-26-21)15-4-6-18(7-5-15)22(8-2-9-22)20-11-19(27-28-20)16-3-1-10-24-12-16/h1,3-7,10,12-14H,2,8-9,11H2,(H2,23,25,26). The normalized spacial score (nSPS) is 17.6. The first-order chi connectivity index (χ1) is 13.7. The highest BCUT2D eigenvalue weighted by Crippen LogP contribution is 2.47. The van der Waals surface area contributed by atoms with Crippen molar-refractivity contribution in [2.24, 2.45) is 10.2 Å². The zero-order valence-electron chi connectivity index (χ0n) is 15.4. The van der Waals surface area contributed by atoms with E-state index >= 15 is 0 Å². The Balaban J connectivity index is 1.39. The van der Waals surface area contributed by atoms with Gasteiger partial charge in [-0.2, -0.15) is 10.2 Å². The number of aromatic nitrogens is 3. The van der Waals surface area contributed by atoms with Crippen molar-refractivity contribution < 1.29 is 0 Å². The number of nitrogens with zero attached hydrogens (tertiary/aromatic N) is 5. The lowest BCUT2D eigenvalue weighted by Crippen LogP contribution is -2.42. The van der Waals surface area contributed by atoms with Gasteiger partial charge in [0, 0.05) is 47.8 Å². The third kappa shape index (κ3) is 2.78. The summed E-state index contributed by atoms with van der Waals surface area (Å²) >= 11 is 0. The lowest BCUT2D eigenvalue weighted by Gasteiger charge is -2.42. The molecule has 28 heavy (non-hydrogen) atoms. The average molecular weight is 368 g/mol. The highest BCUT2D eigenvalue weighted by molar-refractivity contribution is 6.18. The summed E-state index contributed by atoms with van der Waals surface area (Å²) in [5.41, 5.74) is 12.2. The topological polar surface area (TPSA) is 89.4 Å². The van der Waals surface area contributed by atoms with Crippen LogP contribution in [0.4, 0.5) is 5.95 Å². The summed E-state index contributed by atoms with van der Waals surface area (Å²) in [4.78, 5) is 12.4. The molecule has 0 atom stereocenters. The Bertz CT molecular complexity index is 1050. The number of rotatable bonds is 4. The lowest BCUT2D eigenvalue weighted by atomic mass is 9.60. The van der Waals surface area contributed by atoms with Crippen molar-refractivity contribution in [3.63, 3.8) is 0 Å². The van der Waals surface area contributed by atoms with Crippen LogP contribution in [0.3, 0.4) is 0 Å². The number of nitrogen functional groups attached to an aromatic ring is 1. The van der Waals surface area contributed by atoms with Gasteiger partial charge >= 0.3 is 0 Å². The van der Waals surface area contributed by atoms with Gasteiger partial charge in [-0.15, -0.1) is 0 Å². The molecule has 2 aliphatic rings. The highest BCUT2D eigenvalue weighted by atomic mass is 15.2. The maximum absolute atomic E-state index is 5.58. The summed E-state index contributed by atoms with van der Waals surface area (Å²) < 4.78 is 0. The Kier molecular flexibility index (Phi) is 3.97. The summed E-state index contributed by atoms with van der Waals surface area (Å²) in [6.07, 6.45) is 11.4. The quantitative estimate of drug-likeness (QED) is 0.759. The second kappa shape index (κ2) is 6.64. The van der Waals surface area contributed by atoms with Gasteiger partial charge in [0.25, 0.3) is 0 Å². The molecule has 0 bridgehead atoms. The van der Waals surface area contributed by atoms with Gasteiger partial charge in [0.15, 0.2) is 0 Å². The number of anilines is 1. The molecule has 0 radical (unpaired) electrons. The predicted octanol–water partition coefficient (Wildman–Crippen LogP) is 3.79. The minimum Gasteiger partial charge on any atom is -0.368 e. The molecule has 0 spiro atoms. The molecular formula is C22H20N6. The van der Waals surface area contributed by atoms with Crippen molar-refractivity contribution >= 4 is 17.4 Å². The van der Waals surface area contributed by atoms with E-state index in [2.05, 4.69) is 49.4 Å². The smallest absolute Gasteiger partial charge is 0.219 e. The van der Waals surface area contributed by atoms with Crippen LogP contribution < -0.4 is 5.73 Å². The summed E-state index contributed by atoms with van der Waals surface area (Å²) in [6, 6.07) is 12.6. The van der Waals surface area contributed by atoms with Gasteiger partial charge in [0.1, 0.15) is 0 Å². The van der Waals surface area contributed by atoms with Crippen LogP contribution in [0.15, 0.2) is 71.4 Å². The van der Waals surface area contributed by atoms with Crippen LogP contribution in [0.2, 0.25) is 0 Å². The third-order valence-electron chi connectivity index (χ3n) is 5.82. The van der Waals surface area contributed by atoms with Gasteiger partial charge in [-0.3, -0.25) is 4.98 Å². The van der Waals surface area contributed by atoms with Gasteiger partial charge in [-0.25, -0.2) is 9.97 Å². The van der Waals surface area contributed by atoms with Crippen LogP contribution in [-0.4, -0.2) is 26.4 Å². The van der Waals surface area contributed by atoms with E-state index in [1.165, 1.54) is 17.7 Å². The van der Waals surface area contributed by atoms with Gasteiger partial charge in [0.05, 0.1) is 11.4 Å². The number of benzene rings is 1. The molecule has 0 saturated heterocycles. The number of nitrogens with two attached hydrogens (primary N) is 1. The van der Waals surface area contributed by atoms with Gasteiger partial charge < -0.3 is 5.73 Å². The van der Waals surface area contributed by atoms with Crippen LogP contribution in [0.1, 0.15) is 36.8 Å². The first-order valence-electron chi connectivity index (χ1n) is 9.47. The van der Waals surface area contributed by atoms with Gasteiger partial charge in [0.2, 0.25) is 5.95 Å². The number of pyridine rings is 1. The zero-order valence-corrected chi connectivity index (χ0v) is 15.4. The molecule has 3 heterocycles. The Morgan fingerprint density at radius 1 is 0.821 bits per heavy atom. The second-order valence-electron chi connectivity index (χ2n) is 7.35. The maximum Gasteiger partial charge on any atom is 0.219 e. The molecular weight excluding hydrogens is 348 g/mol. The van der Waals surface area contributed by atoms with Crippen LogP contribution in [0.25, 0.3) is 11.1 Å². The minimum atomic E-state index is 0.00358. The second-order valence-corrected chi connectivity index (χ2v) is 7.35. The number of hydrogen-bond donors (Lipinski definition) is 1. The third-order valence-corrected chi connectivity index (χ3v) is 5.82. The van der Waals surface area contributed by atoms with E-state index in [9.17, 15) is 0 Å². The molecule has 1 aliphatic heterocycles. The Morgan fingerprint density at radius 2 is 1.61 bits per heavy atom. The average Bonchev–Trinajstić information content (AvgIpc) is 3.19. The van der Waals surface area contributed by atoms with Crippen LogP contribution >= 0.6 is 0 Å². The molecule has 2 aromatic heterocycles. The van der Waals surface area contributed by atoms with Crippen molar-refractivity contribution in [2.45, 2.75) is 31.1 Å². The predicted molar refractivity (Wildman–Crippen MR) is 110 cm³/mol. The van der Waals surface area contributed by atoms with Gasteiger partial charge in [-0.1, -0.05) is 30.7 Å². The number of hydrogen-bond acceptors (Lipinski definition) is 6. The van der Waals surface area contributed by atoms with Crippen molar-refractivity contribution in [3.05, 3.63) is 72.3 Å². The first-order valence-corrected chi connectivity index (χ1v) is 9.47. The minimum absolute atomic E-state index is 0.00358. The molecule has 1 fully saturated rings. The Morgan fingerprint density at radius 3 is 2.25 bits per heavy atom. The molecule has 1 aromatic carbocycles. The molecule has 1 saturated carbocycles. The summed E-state index contributed by atoms with van der Waals surface area (Å²) in [5.74, 6) is 0.289. The Labute approximate surface area is 163 Å². The van der Waals surface area contributed by atoms with E-state index < -0.39 is 0 Å². The van der Waals surface area contributed by atoms with E-state index in [1.807, 2.05) is 18.3 Å². The molecule has 3 aromatic rings. The summed E-state index contributed by atoms with van der Waals surface area (Å²) in [6.45, 7) is 0. The summed E-state index contributed by atoms with van der Waals surface area (Å²) in [7, 11) is 0. The fraction of sp³-hybridized carbons (Fsp3) is 0.227. The molecule has 5 rings (SSSR count). The van der Waals surface area contributed by atoms with Crippen molar-refractivity contribution in [1.82, 2.24) is 15.0 Å². The fourth-order valence-corrected chi connectivity index (χ4v) is 4.05. The summed E-state index contributed by atoms with van der Waals surface area (Å²) in [5, 5.41) is 9.07. The largest absolute Gasteiger partial charge is 0.368 e. The van der Waals surface area contributed by atoms with E-state index in [-0.39, 0.29) is 11.4 Å². The lowest BCUT2D eigenvalue weighted by molar-refractivity contribution is 0.338. The monoisotopic (exact) mass is 368 g/mol. The van der Waals surface area contributed by atoms with E-state index in [1.54, 1.807) is 18.6 Å².